The summed E-state index contributed by atoms with van der Waals surface area (Å²) < 4.78 is 1.13. The molecular formula is C11H18BrNOS. The molecule has 1 aromatic heterocycles. The van der Waals surface area contributed by atoms with Crippen LogP contribution in [0.5, 0.6) is 0 Å². The Balaban J connectivity index is 2.65. The first kappa shape index (κ1) is 13.2. The van der Waals surface area contributed by atoms with Gasteiger partial charge < -0.3 is 10.4 Å². The minimum absolute atomic E-state index is 0.0717. The number of hydrogen-bond donors (Lipinski definition) is 2. The van der Waals surface area contributed by atoms with Gasteiger partial charge in [-0.1, -0.05) is 13.8 Å². The standard InChI is InChI=1S/C11H18BrNOS/c1-7(2)5-13-10(6-14)11-4-9(12)8(3)15-11/h4,7,10,13-14H,5-6H2,1-3H3. The summed E-state index contributed by atoms with van der Waals surface area (Å²) in [4.78, 5) is 2.46. The molecule has 0 aromatic carbocycles. The van der Waals surface area contributed by atoms with Crippen molar-refractivity contribution < 1.29 is 5.11 Å². The number of aliphatic hydroxyl groups excluding tert-OH is 1. The minimum Gasteiger partial charge on any atom is -0.394 e. The third-order valence-corrected chi connectivity index (χ3v) is 4.43. The maximum atomic E-state index is 9.32. The van der Waals surface area contributed by atoms with Crippen LogP contribution in [0.4, 0.5) is 0 Å². The molecule has 2 N–H and O–H groups in total. The summed E-state index contributed by atoms with van der Waals surface area (Å²) in [5, 5.41) is 12.7. The number of hydrogen-bond acceptors (Lipinski definition) is 3. The number of thiophene rings is 1. The van der Waals surface area contributed by atoms with Gasteiger partial charge in [-0.05, 0) is 41.4 Å². The number of nitrogens with one attached hydrogen (secondary N) is 1. The number of aryl methyl sites for hydroxylation is 1. The number of rotatable bonds is 5. The third-order valence-electron chi connectivity index (χ3n) is 2.17. The first-order chi connectivity index (χ1) is 7.04. The zero-order chi connectivity index (χ0) is 11.4. The van der Waals surface area contributed by atoms with E-state index in [9.17, 15) is 5.11 Å². The van der Waals surface area contributed by atoms with Crippen LogP contribution in [0.15, 0.2) is 10.5 Å². The van der Waals surface area contributed by atoms with E-state index in [4.69, 9.17) is 0 Å². The van der Waals surface area contributed by atoms with E-state index in [0.717, 1.165) is 11.0 Å². The van der Waals surface area contributed by atoms with Crippen molar-refractivity contribution in [3.8, 4) is 0 Å². The van der Waals surface area contributed by atoms with E-state index >= 15 is 0 Å². The smallest absolute Gasteiger partial charge is 0.0650 e. The van der Waals surface area contributed by atoms with E-state index < -0.39 is 0 Å². The molecule has 15 heavy (non-hydrogen) atoms. The van der Waals surface area contributed by atoms with Crippen molar-refractivity contribution in [3.05, 3.63) is 20.3 Å². The van der Waals surface area contributed by atoms with Crippen LogP contribution < -0.4 is 5.32 Å². The lowest BCUT2D eigenvalue weighted by atomic mass is 10.2. The summed E-state index contributed by atoms with van der Waals surface area (Å²) in [5.74, 6) is 0.601. The fourth-order valence-electron chi connectivity index (χ4n) is 1.29. The predicted octanol–water partition coefficient (Wildman–Crippen LogP) is 3.10. The fourth-order valence-corrected chi connectivity index (χ4v) is 2.91. The second-order valence-electron chi connectivity index (χ2n) is 4.09. The Bertz CT molecular complexity index is 292. The van der Waals surface area contributed by atoms with E-state index in [1.807, 2.05) is 0 Å². The molecule has 1 atom stereocenters. The second kappa shape index (κ2) is 5.99. The van der Waals surface area contributed by atoms with Gasteiger partial charge in [-0.25, -0.2) is 0 Å². The lowest BCUT2D eigenvalue weighted by molar-refractivity contribution is 0.243. The van der Waals surface area contributed by atoms with Crippen LogP contribution in [0.1, 0.15) is 29.6 Å². The van der Waals surface area contributed by atoms with Gasteiger partial charge in [0.05, 0.1) is 12.6 Å². The average Bonchev–Trinajstić information content (AvgIpc) is 2.47. The SMILES string of the molecule is Cc1sc(C(CO)NCC(C)C)cc1Br. The van der Waals surface area contributed by atoms with Crippen molar-refractivity contribution in [1.29, 1.82) is 0 Å². The Morgan fingerprint density at radius 2 is 2.20 bits per heavy atom. The van der Waals surface area contributed by atoms with Gasteiger partial charge in [-0.3, -0.25) is 0 Å². The third kappa shape index (κ3) is 3.87. The molecule has 1 unspecified atom stereocenters. The van der Waals surface area contributed by atoms with E-state index in [-0.39, 0.29) is 12.6 Å². The zero-order valence-corrected chi connectivity index (χ0v) is 11.8. The van der Waals surface area contributed by atoms with Crippen molar-refractivity contribution in [2.75, 3.05) is 13.2 Å². The van der Waals surface area contributed by atoms with Gasteiger partial charge in [-0.15, -0.1) is 11.3 Å². The molecule has 0 radical (unpaired) electrons. The van der Waals surface area contributed by atoms with Crippen LogP contribution in [0.3, 0.4) is 0 Å². The molecule has 86 valence electrons. The molecule has 0 saturated heterocycles. The highest BCUT2D eigenvalue weighted by Crippen LogP contribution is 2.30. The van der Waals surface area contributed by atoms with Gasteiger partial charge in [0, 0.05) is 14.2 Å². The number of halogens is 1. The van der Waals surface area contributed by atoms with Crippen LogP contribution in [0, 0.1) is 12.8 Å². The second-order valence-corrected chi connectivity index (χ2v) is 6.23. The summed E-state index contributed by atoms with van der Waals surface area (Å²) in [6, 6.07) is 2.16. The summed E-state index contributed by atoms with van der Waals surface area (Å²) in [6.07, 6.45) is 0. The molecular weight excluding hydrogens is 274 g/mol. The Hall–Kier alpha value is 0.100. The van der Waals surface area contributed by atoms with Gasteiger partial charge in [0.25, 0.3) is 0 Å². The molecule has 0 aliphatic carbocycles. The Labute approximate surface area is 104 Å². The molecule has 0 saturated carbocycles. The first-order valence-electron chi connectivity index (χ1n) is 5.14. The molecule has 0 fully saturated rings. The van der Waals surface area contributed by atoms with Crippen molar-refractivity contribution in [2.45, 2.75) is 26.8 Å². The molecule has 2 nitrogen and oxygen atoms in total. The Kier molecular flexibility index (Phi) is 5.26. The van der Waals surface area contributed by atoms with Crippen molar-refractivity contribution >= 4 is 27.3 Å². The predicted molar refractivity (Wildman–Crippen MR) is 69.4 cm³/mol. The van der Waals surface area contributed by atoms with Crippen LogP contribution in [0.25, 0.3) is 0 Å². The summed E-state index contributed by atoms with van der Waals surface area (Å²) in [5.41, 5.74) is 0. The molecule has 1 aromatic rings. The molecule has 0 spiro atoms. The fraction of sp³-hybridized carbons (Fsp3) is 0.636. The molecule has 0 aliphatic rings. The molecule has 4 heteroatoms. The van der Waals surface area contributed by atoms with Crippen LogP contribution >= 0.6 is 27.3 Å². The zero-order valence-electron chi connectivity index (χ0n) is 9.38. The van der Waals surface area contributed by atoms with E-state index in [0.29, 0.717) is 5.92 Å². The van der Waals surface area contributed by atoms with Crippen LogP contribution in [0.2, 0.25) is 0 Å². The molecule has 1 heterocycles. The van der Waals surface area contributed by atoms with Gasteiger partial charge in [0.1, 0.15) is 0 Å². The first-order valence-corrected chi connectivity index (χ1v) is 6.75. The highest BCUT2D eigenvalue weighted by Gasteiger charge is 2.14. The molecule has 0 bridgehead atoms. The lowest BCUT2D eigenvalue weighted by Crippen LogP contribution is -2.27. The lowest BCUT2D eigenvalue weighted by Gasteiger charge is -2.16. The molecule has 0 amide bonds. The normalized spacial score (nSPS) is 13.5. The van der Waals surface area contributed by atoms with E-state index in [2.05, 4.69) is 48.1 Å². The molecule has 1 rings (SSSR count). The van der Waals surface area contributed by atoms with Gasteiger partial charge >= 0.3 is 0 Å². The maximum Gasteiger partial charge on any atom is 0.0650 e. The van der Waals surface area contributed by atoms with E-state index in [1.54, 1.807) is 11.3 Å². The minimum atomic E-state index is 0.0717. The van der Waals surface area contributed by atoms with Crippen molar-refractivity contribution in [3.63, 3.8) is 0 Å². The van der Waals surface area contributed by atoms with Crippen molar-refractivity contribution in [2.24, 2.45) is 5.92 Å². The van der Waals surface area contributed by atoms with Crippen molar-refractivity contribution in [1.82, 2.24) is 5.32 Å². The Morgan fingerprint density at radius 1 is 1.53 bits per heavy atom. The largest absolute Gasteiger partial charge is 0.394 e. The number of aliphatic hydroxyl groups is 1. The summed E-state index contributed by atoms with van der Waals surface area (Å²) in [7, 11) is 0. The average molecular weight is 292 g/mol. The highest BCUT2D eigenvalue weighted by molar-refractivity contribution is 9.10. The highest BCUT2D eigenvalue weighted by atomic mass is 79.9. The maximum absolute atomic E-state index is 9.32. The monoisotopic (exact) mass is 291 g/mol. The van der Waals surface area contributed by atoms with E-state index in [1.165, 1.54) is 9.75 Å². The molecule has 0 aliphatic heterocycles. The van der Waals surface area contributed by atoms with Crippen LogP contribution in [-0.2, 0) is 0 Å². The Morgan fingerprint density at radius 3 is 2.60 bits per heavy atom. The summed E-state index contributed by atoms with van der Waals surface area (Å²) in [6.45, 7) is 7.49. The van der Waals surface area contributed by atoms with Crippen LogP contribution in [-0.4, -0.2) is 18.3 Å². The van der Waals surface area contributed by atoms with Gasteiger partial charge in [-0.2, -0.15) is 0 Å². The van der Waals surface area contributed by atoms with Gasteiger partial charge in [0.15, 0.2) is 0 Å². The quantitative estimate of drug-likeness (QED) is 0.874. The topological polar surface area (TPSA) is 32.3 Å². The van der Waals surface area contributed by atoms with Gasteiger partial charge in [0.2, 0.25) is 0 Å². The summed E-state index contributed by atoms with van der Waals surface area (Å²) >= 11 is 5.22.